The third-order valence-corrected chi connectivity index (χ3v) is 5.27. The van der Waals surface area contributed by atoms with Crippen molar-refractivity contribution in [3.05, 3.63) is 69.5 Å². The van der Waals surface area contributed by atoms with Gasteiger partial charge in [-0.25, -0.2) is 13.1 Å². The van der Waals surface area contributed by atoms with Gasteiger partial charge in [-0.3, -0.25) is 10.1 Å². The number of rotatable bonds is 5. The third kappa shape index (κ3) is 3.93. The molecule has 8 nitrogen and oxygen atoms in total. The highest BCUT2D eigenvalue weighted by Gasteiger charge is 2.20. The van der Waals surface area contributed by atoms with Crippen molar-refractivity contribution in [2.75, 3.05) is 11.6 Å². The molecule has 10 heteroatoms. The summed E-state index contributed by atoms with van der Waals surface area (Å²) in [6, 6.07) is 10.8. The average molecular weight is 407 g/mol. The summed E-state index contributed by atoms with van der Waals surface area (Å²) in [6.07, 6.45) is 2.53. The van der Waals surface area contributed by atoms with Gasteiger partial charge in [0.05, 0.1) is 33.1 Å². The first kappa shape index (κ1) is 18.9. The molecule has 0 unspecified atom stereocenters. The highest BCUT2D eigenvalue weighted by atomic mass is 35.5. The summed E-state index contributed by atoms with van der Waals surface area (Å²) < 4.78 is 24.9. The van der Waals surface area contributed by atoms with Gasteiger partial charge in [-0.2, -0.15) is 5.10 Å². The van der Waals surface area contributed by atoms with E-state index in [1.165, 1.54) is 18.3 Å². The van der Waals surface area contributed by atoms with Crippen LogP contribution in [0.3, 0.4) is 0 Å². The maximum absolute atomic E-state index is 11.7. The minimum atomic E-state index is -3.55. The minimum absolute atomic E-state index is 0.119. The Balaban J connectivity index is 2.00. The first-order valence-electron chi connectivity index (χ1n) is 7.73. The van der Waals surface area contributed by atoms with Gasteiger partial charge < -0.3 is 5.32 Å². The van der Waals surface area contributed by atoms with E-state index in [1.807, 2.05) is 6.07 Å². The molecule has 0 aliphatic carbocycles. The summed E-state index contributed by atoms with van der Waals surface area (Å²) in [4.78, 5) is 10.6. The third-order valence-electron chi connectivity index (χ3n) is 3.93. The summed E-state index contributed by atoms with van der Waals surface area (Å²) in [7, 11) is -3.55. The molecule has 0 amide bonds. The monoisotopic (exact) mass is 406 g/mol. The number of nitrogens with zero attached hydrogens (tertiary/aromatic N) is 3. The fraction of sp³-hybridized carbons (Fsp3) is 0.118. The van der Waals surface area contributed by atoms with Crippen molar-refractivity contribution in [3.63, 3.8) is 0 Å². The molecule has 140 valence electrons. The molecule has 3 rings (SSSR count). The zero-order valence-corrected chi connectivity index (χ0v) is 16.0. The van der Waals surface area contributed by atoms with E-state index in [0.717, 1.165) is 18.0 Å². The second-order valence-corrected chi connectivity index (χ2v) is 8.32. The zero-order chi connectivity index (χ0) is 19.8. The molecule has 2 aromatic carbocycles. The molecular formula is C17H15ClN4O4S. The van der Waals surface area contributed by atoms with Gasteiger partial charge in [-0.1, -0.05) is 17.7 Å². The normalized spacial score (nSPS) is 11.4. The van der Waals surface area contributed by atoms with Crippen LogP contribution < -0.4 is 5.32 Å². The number of aromatic nitrogens is 2. The van der Waals surface area contributed by atoms with Crippen LogP contribution in [0.5, 0.6) is 0 Å². The Morgan fingerprint density at radius 2 is 1.93 bits per heavy atom. The predicted octanol–water partition coefficient (Wildman–Crippen LogP) is 3.89. The van der Waals surface area contributed by atoms with Crippen molar-refractivity contribution >= 4 is 38.5 Å². The van der Waals surface area contributed by atoms with Crippen molar-refractivity contribution in [3.8, 4) is 5.69 Å². The number of hydrogen-bond acceptors (Lipinski definition) is 6. The van der Waals surface area contributed by atoms with E-state index in [9.17, 15) is 18.5 Å². The Morgan fingerprint density at radius 3 is 2.56 bits per heavy atom. The smallest absolute Gasteiger partial charge is 0.293 e. The highest BCUT2D eigenvalue weighted by Crippen LogP contribution is 2.31. The minimum Gasteiger partial charge on any atom is -0.347 e. The van der Waals surface area contributed by atoms with Gasteiger partial charge >= 0.3 is 0 Å². The zero-order valence-electron chi connectivity index (χ0n) is 14.4. The molecule has 0 radical (unpaired) electrons. The van der Waals surface area contributed by atoms with Gasteiger partial charge in [0, 0.05) is 17.3 Å². The number of benzene rings is 2. The molecule has 0 saturated heterocycles. The van der Waals surface area contributed by atoms with Gasteiger partial charge in [0.25, 0.3) is 5.69 Å². The van der Waals surface area contributed by atoms with E-state index < -0.39 is 14.8 Å². The van der Waals surface area contributed by atoms with E-state index in [-0.39, 0.29) is 16.3 Å². The number of nitrogens with one attached hydrogen (secondary N) is 1. The van der Waals surface area contributed by atoms with Crippen LogP contribution in [0.25, 0.3) is 5.69 Å². The van der Waals surface area contributed by atoms with Crippen LogP contribution in [0.15, 0.2) is 53.6 Å². The van der Waals surface area contributed by atoms with E-state index in [1.54, 1.807) is 29.8 Å². The number of anilines is 2. The molecule has 0 aliphatic heterocycles. The summed E-state index contributed by atoms with van der Waals surface area (Å²) in [5, 5.41) is 19.2. The SMILES string of the molecule is Cc1c(Nc2ccc(S(C)(=O)=O)cc2[N+](=O)[O-])cnn1-c1cccc(Cl)c1. The first-order valence-corrected chi connectivity index (χ1v) is 10.00. The van der Waals surface area contributed by atoms with Gasteiger partial charge in [0.15, 0.2) is 9.84 Å². The molecule has 0 atom stereocenters. The molecule has 0 spiro atoms. The van der Waals surface area contributed by atoms with Crippen LogP contribution in [0.1, 0.15) is 5.69 Å². The fourth-order valence-corrected chi connectivity index (χ4v) is 3.37. The average Bonchev–Trinajstić information content (AvgIpc) is 2.95. The van der Waals surface area contributed by atoms with Crippen molar-refractivity contribution in [2.24, 2.45) is 0 Å². The molecular weight excluding hydrogens is 392 g/mol. The van der Waals surface area contributed by atoms with Crippen LogP contribution in [0.4, 0.5) is 17.1 Å². The predicted molar refractivity (Wildman–Crippen MR) is 103 cm³/mol. The second-order valence-electron chi connectivity index (χ2n) is 5.87. The summed E-state index contributed by atoms with van der Waals surface area (Å²) in [6.45, 7) is 1.80. The quantitative estimate of drug-likeness (QED) is 0.508. The number of halogens is 1. The number of nitro groups is 1. The molecule has 27 heavy (non-hydrogen) atoms. The fourth-order valence-electron chi connectivity index (χ4n) is 2.54. The molecule has 0 aliphatic rings. The Hall–Kier alpha value is -2.91. The molecule has 1 aromatic heterocycles. The second kappa shape index (κ2) is 7.01. The number of hydrogen-bond donors (Lipinski definition) is 1. The molecule has 0 saturated carbocycles. The van der Waals surface area contributed by atoms with Gasteiger partial charge in [0.2, 0.25) is 0 Å². The molecule has 0 bridgehead atoms. The van der Waals surface area contributed by atoms with E-state index >= 15 is 0 Å². The standard InChI is InChI=1S/C17H15ClN4O4S/c1-11-16(10-19-21(11)13-5-3-4-12(18)8-13)20-15-7-6-14(27(2,25)26)9-17(15)22(23)24/h3-10,20H,1-2H3. The van der Waals surface area contributed by atoms with E-state index in [0.29, 0.717) is 16.4 Å². The maximum atomic E-state index is 11.7. The Labute approximate surface area is 160 Å². The Kier molecular flexibility index (Phi) is 4.90. The molecule has 1 N–H and O–H groups in total. The highest BCUT2D eigenvalue weighted by molar-refractivity contribution is 7.90. The molecule has 3 aromatic rings. The molecule has 1 heterocycles. The first-order chi connectivity index (χ1) is 12.7. The largest absolute Gasteiger partial charge is 0.347 e. The Bertz CT molecular complexity index is 1140. The van der Waals surface area contributed by atoms with E-state index in [4.69, 9.17) is 11.6 Å². The van der Waals surface area contributed by atoms with Crippen LogP contribution in [0, 0.1) is 17.0 Å². The van der Waals surface area contributed by atoms with Gasteiger partial charge in [0.1, 0.15) is 5.69 Å². The van der Waals surface area contributed by atoms with Crippen LogP contribution in [0.2, 0.25) is 5.02 Å². The van der Waals surface area contributed by atoms with Gasteiger partial charge in [-0.15, -0.1) is 0 Å². The lowest BCUT2D eigenvalue weighted by Crippen LogP contribution is -2.03. The van der Waals surface area contributed by atoms with Crippen molar-refractivity contribution < 1.29 is 13.3 Å². The lowest BCUT2D eigenvalue weighted by Gasteiger charge is -2.09. The Morgan fingerprint density at radius 1 is 1.19 bits per heavy atom. The van der Waals surface area contributed by atoms with Crippen LogP contribution >= 0.6 is 11.6 Å². The van der Waals surface area contributed by atoms with Crippen LogP contribution in [-0.4, -0.2) is 29.4 Å². The van der Waals surface area contributed by atoms with Crippen LogP contribution in [-0.2, 0) is 9.84 Å². The van der Waals surface area contributed by atoms with Crippen molar-refractivity contribution in [1.29, 1.82) is 0 Å². The summed E-state index contributed by atoms with van der Waals surface area (Å²) >= 11 is 6.01. The van der Waals surface area contributed by atoms with Crippen molar-refractivity contribution in [1.82, 2.24) is 9.78 Å². The topological polar surface area (TPSA) is 107 Å². The number of sulfone groups is 1. The lowest BCUT2D eigenvalue weighted by atomic mass is 10.2. The lowest BCUT2D eigenvalue weighted by molar-refractivity contribution is -0.384. The summed E-state index contributed by atoms with van der Waals surface area (Å²) in [5.74, 6) is 0. The van der Waals surface area contributed by atoms with Gasteiger partial charge in [-0.05, 0) is 37.3 Å². The molecule has 0 fully saturated rings. The van der Waals surface area contributed by atoms with E-state index in [2.05, 4.69) is 10.4 Å². The summed E-state index contributed by atoms with van der Waals surface area (Å²) in [5.41, 5.74) is 1.83. The van der Waals surface area contributed by atoms with Crippen molar-refractivity contribution in [2.45, 2.75) is 11.8 Å². The maximum Gasteiger partial charge on any atom is 0.293 e. The number of nitro benzene ring substituents is 1.